The average Bonchev–Trinajstić information content (AvgIpc) is 2.63. The Balaban J connectivity index is 0. The summed E-state index contributed by atoms with van der Waals surface area (Å²) in [5.74, 6) is -0.833. The van der Waals surface area contributed by atoms with Crippen LogP contribution in [0.15, 0.2) is 12.3 Å². The summed E-state index contributed by atoms with van der Waals surface area (Å²) in [5, 5.41) is 15.9. The summed E-state index contributed by atoms with van der Waals surface area (Å²) in [4.78, 5) is 9.00. The second-order valence-electron chi connectivity index (χ2n) is 7.70. The number of aliphatic hydroxyl groups excluding tert-OH is 1. The van der Waals surface area contributed by atoms with Crippen LogP contribution in [0.5, 0.6) is 0 Å². The fraction of sp³-hybridized carbons (Fsp3) is 0.875. The zero-order chi connectivity index (χ0) is 20.4. The van der Waals surface area contributed by atoms with Crippen molar-refractivity contribution in [3.05, 3.63) is 12.3 Å². The molecule has 0 rings (SSSR count). The van der Waals surface area contributed by atoms with Gasteiger partial charge in [0.1, 0.15) is 0 Å². The van der Waals surface area contributed by atoms with Crippen LogP contribution in [-0.2, 0) is 4.79 Å². The van der Waals surface area contributed by atoms with Crippen molar-refractivity contribution in [2.24, 2.45) is 0 Å². The Morgan fingerprint density at radius 2 is 0.889 bits per heavy atom. The molecule has 0 radical (unpaired) electrons. The van der Waals surface area contributed by atoms with Crippen LogP contribution in [0.2, 0.25) is 0 Å². The van der Waals surface area contributed by atoms with Crippen LogP contribution in [0, 0.1) is 0 Å². The number of carboxylic acids is 1. The maximum atomic E-state index is 9.00. The van der Waals surface area contributed by atoms with Crippen LogP contribution in [0.3, 0.4) is 0 Å². The largest absolute Gasteiger partial charge is 0.516 e. The van der Waals surface area contributed by atoms with Crippen LogP contribution >= 0.6 is 0 Å². The maximum absolute atomic E-state index is 9.00. The van der Waals surface area contributed by atoms with E-state index >= 15 is 0 Å². The van der Waals surface area contributed by atoms with Crippen LogP contribution in [0.25, 0.3) is 0 Å². The molecule has 0 amide bonds. The molecule has 0 heterocycles. The summed E-state index contributed by atoms with van der Waals surface area (Å²) < 4.78 is 0. The number of allylic oxidation sites excluding steroid dienone is 1. The molecular weight excluding hydrogens is 336 g/mol. The van der Waals surface area contributed by atoms with Crippen molar-refractivity contribution in [3.8, 4) is 0 Å². The predicted molar refractivity (Wildman–Crippen MR) is 118 cm³/mol. The van der Waals surface area contributed by atoms with Crippen molar-refractivity contribution in [3.63, 3.8) is 0 Å². The van der Waals surface area contributed by atoms with E-state index < -0.39 is 5.97 Å². The lowest BCUT2D eigenvalue weighted by atomic mass is 10.0. The number of hydrogen-bond acceptors (Lipinski definition) is 2. The molecule has 2 N–H and O–H groups in total. The summed E-state index contributed by atoms with van der Waals surface area (Å²) in [6.07, 6.45) is 29.7. The second-order valence-corrected chi connectivity index (χ2v) is 7.70. The molecule has 0 aliphatic heterocycles. The summed E-state index contributed by atoms with van der Waals surface area (Å²) in [5.41, 5.74) is 0. The molecule has 27 heavy (non-hydrogen) atoms. The van der Waals surface area contributed by atoms with Gasteiger partial charge in [-0.2, -0.15) is 0 Å². The number of aliphatic hydroxyl groups is 1. The Hall–Kier alpha value is -0.990. The monoisotopic (exact) mass is 384 g/mol. The minimum atomic E-state index is -0.833. The van der Waals surface area contributed by atoms with Gasteiger partial charge in [-0.15, -0.1) is 0 Å². The topological polar surface area (TPSA) is 57.5 Å². The van der Waals surface area contributed by atoms with Crippen molar-refractivity contribution in [2.75, 3.05) is 0 Å². The van der Waals surface area contributed by atoms with Crippen molar-refractivity contribution < 1.29 is 15.0 Å². The summed E-state index contributed by atoms with van der Waals surface area (Å²) in [6, 6.07) is 0. The molecule has 0 saturated heterocycles. The van der Waals surface area contributed by atoms with Gasteiger partial charge in [0.15, 0.2) is 0 Å². The van der Waals surface area contributed by atoms with Gasteiger partial charge in [0.25, 0.3) is 5.97 Å². The first-order chi connectivity index (χ1) is 13.1. The fourth-order valence-corrected chi connectivity index (χ4v) is 3.24. The quantitative estimate of drug-likeness (QED) is 0.173. The molecule has 3 nitrogen and oxygen atoms in total. The van der Waals surface area contributed by atoms with E-state index in [4.69, 9.17) is 15.0 Å². The lowest BCUT2D eigenvalue weighted by Crippen LogP contribution is -1.84. The van der Waals surface area contributed by atoms with Gasteiger partial charge in [-0.3, -0.25) is 4.79 Å². The number of unbranched alkanes of at least 4 members (excludes halogenated alkanes) is 18. The second kappa shape index (κ2) is 27.2. The smallest absolute Gasteiger partial charge is 0.300 e. The standard InChI is InChI=1S/C22H44O.C2H4O2/c1-2-3-4-5-6-7-8-9-10-11-12-13-14-15-16-17-18-19-20-21-22-23;1-2(3)4/h21-23H,2-20H2,1H3;1H3,(H,3,4). The van der Waals surface area contributed by atoms with Crippen molar-refractivity contribution in [1.82, 2.24) is 0 Å². The van der Waals surface area contributed by atoms with Gasteiger partial charge in [0, 0.05) is 6.92 Å². The third-order valence-electron chi connectivity index (χ3n) is 4.83. The van der Waals surface area contributed by atoms with E-state index in [1.807, 2.05) is 6.08 Å². The molecule has 3 heteroatoms. The van der Waals surface area contributed by atoms with Crippen LogP contribution in [0.4, 0.5) is 0 Å². The summed E-state index contributed by atoms with van der Waals surface area (Å²) in [7, 11) is 0. The van der Waals surface area contributed by atoms with Crippen LogP contribution in [-0.4, -0.2) is 16.2 Å². The molecule has 0 atom stereocenters. The third kappa shape index (κ3) is 36.6. The molecule has 0 saturated carbocycles. The first-order valence-corrected chi connectivity index (χ1v) is 11.6. The molecule has 0 aliphatic carbocycles. The van der Waals surface area contributed by atoms with Crippen molar-refractivity contribution in [2.45, 2.75) is 136 Å². The zero-order valence-electron chi connectivity index (χ0n) is 18.4. The van der Waals surface area contributed by atoms with Crippen molar-refractivity contribution in [1.29, 1.82) is 0 Å². The number of carbonyl (C=O) groups is 1. The first-order valence-electron chi connectivity index (χ1n) is 11.6. The highest BCUT2D eigenvalue weighted by Gasteiger charge is 1.94. The molecule has 0 fully saturated rings. The molecular formula is C24H48O3. The predicted octanol–water partition coefficient (Wildman–Crippen LogP) is 8.58. The summed E-state index contributed by atoms with van der Waals surface area (Å²) >= 11 is 0. The van der Waals surface area contributed by atoms with Gasteiger partial charge < -0.3 is 10.2 Å². The normalized spacial score (nSPS) is 10.7. The molecule has 0 bridgehead atoms. The minimum absolute atomic E-state index is 0.833. The number of carboxylic acid groups (broad SMARTS) is 1. The van der Waals surface area contributed by atoms with Gasteiger partial charge in [-0.25, -0.2) is 0 Å². The number of aliphatic carboxylic acids is 1. The molecule has 0 spiro atoms. The molecule has 0 aromatic heterocycles. The van der Waals surface area contributed by atoms with Crippen LogP contribution < -0.4 is 0 Å². The van der Waals surface area contributed by atoms with Gasteiger partial charge >= 0.3 is 0 Å². The van der Waals surface area contributed by atoms with E-state index in [0.717, 1.165) is 13.3 Å². The van der Waals surface area contributed by atoms with Crippen LogP contribution in [0.1, 0.15) is 136 Å². The fourth-order valence-electron chi connectivity index (χ4n) is 3.24. The minimum Gasteiger partial charge on any atom is -0.516 e. The maximum Gasteiger partial charge on any atom is 0.300 e. The molecule has 0 aromatic carbocycles. The highest BCUT2D eigenvalue weighted by Crippen LogP contribution is 2.14. The highest BCUT2D eigenvalue weighted by atomic mass is 16.4. The Bertz CT molecular complexity index is 296. The number of hydrogen-bond donors (Lipinski definition) is 2. The average molecular weight is 385 g/mol. The van der Waals surface area contributed by atoms with E-state index in [1.54, 1.807) is 0 Å². The van der Waals surface area contributed by atoms with E-state index in [2.05, 4.69) is 6.92 Å². The Kier molecular flexibility index (Phi) is 28.5. The van der Waals surface area contributed by atoms with Gasteiger partial charge in [-0.1, -0.05) is 122 Å². The van der Waals surface area contributed by atoms with E-state index in [1.165, 1.54) is 122 Å². The highest BCUT2D eigenvalue weighted by molar-refractivity contribution is 5.62. The van der Waals surface area contributed by atoms with Gasteiger partial charge in [0.05, 0.1) is 6.26 Å². The first kappa shape index (κ1) is 28.2. The lowest BCUT2D eigenvalue weighted by molar-refractivity contribution is -0.134. The van der Waals surface area contributed by atoms with Gasteiger partial charge in [0.2, 0.25) is 0 Å². The van der Waals surface area contributed by atoms with Gasteiger partial charge in [-0.05, 0) is 12.8 Å². The molecule has 0 unspecified atom stereocenters. The third-order valence-corrected chi connectivity index (χ3v) is 4.83. The van der Waals surface area contributed by atoms with E-state index in [9.17, 15) is 0 Å². The zero-order valence-corrected chi connectivity index (χ0v) is 18.4. The summed E-state index contributed by atoms with van der Waals surface area (Å²) in [6.45, 7) is 3.37. The van der Waals surface area contributed by atoms with E-state index in [0.29, 0.717) is 0 Å². The molecule has 162 valence electrons. The Morgan fingerprint density at radius 3 is 1.15 bits per heavy atom. The lowest BCUT2D eigenvalue weighted by Gasteiger charge is -2.03. The Labute approximate surface area is 169 Å². The molecule has 0 aromatic rings. The molecule has 0 aliphatic rings. The SMILES string of the molecule is CC(=O)O.CCCCCCCCCCCCCCCCCCCCC=CO. The Morgan fingerprint density at radius 1 is 0.630 bits per heavy atom. The van der Waals surface area contributed by atoms with Crippen molar-refractivity contribution >= 4 is 5.97 Å². The number of rotatable bonds is 19. The van der Waals surface area contributed by atoms with E-state index in [-0.39, 0.29) is 0 Å².